The molecule has 0 fully saturated rings. The van der Waals surface area contributed by atoms with Crippen molar-refractivity contribution in [1.82, 2.24) is 20.9 Å². The van der Waals surface area contributed by atoms with Gasteiger partial charge in [-0.2, -0.15) is 0 Å². The minimum atomic E-state index is -1.48. The van der Waals surface area contributed by atoms with Crippen LogP contribution in [0.1, 0.15) is 31.2 Å². The summed E-state index contributed by atoms with van der Waals surface area (Å²) in [6.45, 7) is -0.197. The molecule has 3 atom stereocenters. The molecule has 3 unspecified atom stereocenters. The molecule has 0 saturated heterocycles. The van der Waals surface area contributed by atoms with Crippen molar-refractivity contribution in [1.29, 1.82) is 0 Å². The topological polar surface area (TPSA) is 268 Å². The number of benzene rings is 1. The van der Waals surface area contributed by atoms with Crippen molar-refractivity contribution in [2.45, 2.75) is 50.2 Å². The maximum absolute atomic E-state index is 13.1. The fourth-order valence-electron chi connectivity index (χ4n) is 3.72. The van der Waals surface area contributed by atoms with E-state index in [0.29, 0.717) is 12.0 Å². The Kier molecular flexibility index (Phi) is 11.7. The third-order valence-electron chi connectivity index (χ3n) is 5.74. The number of aromatic amines is 1. The first-order chi connectivity index (χ1) is 18.5. The summed E-state index contributed by atoms with van der Waals surface area (Å²) in [4.78, 5) is 67.3. The van der Waals surface area contributed by atoms with Crippen LogP contribution < -0.4 is 33.2 Å². The number of aromatic nitrogens is 1. The summed E-state index contributed by atoms with van der Waals surface area (Å²) in [6, 6.07) is 3.65. The molecule has 1 heterocycles. The first-order valence-corrected chi connectivity index (χ1v) is 12.2. The Labute approximate surface area is 223 Å². The van der Waals surface area contributed by atoms with E-state index >= 15 is 0 Å². The van der Waals surface area contributed by atoms with Gasteiger partial charge in [0.25, 0.3) is 0 Å². The van der Waals surface area contributed by atoms with Gasteiger partial charge in [0.1, 0.15) is 12.1 Å². The van der Waals surface area contributed by atoms with Gasteiger partial charge in [0.05, 0.1) is 12.6 Å². The maximum Gasteiger partial charge on any atom is 0.326 e. The molecule has 212 valence electrons. The molecule has 15 heteroatoms. The monoisotopic (exact) mass is 546 g/mol. The van der Waals surface area contributed by atoms with E-state index in [9.17, 15) is 29.1 Å². The Morgan fingerprint density at radius 1 is 0.974 bits per heavy atom. The summed E-state index contributed by atoms with van der Waals surface area (Å²) >= 11 is 0. The number of para-hydroxylation sites is 1. The highest BCUT2D eigenvalue weighted by Crippen LogP contribution is 2.19. The summed E-state index contributed by atoms with van der Waals surface area (Å²) in [5, 5.41) is 26.3. The SMILES string of the molecule is NC(N)=NCCCC(N)C(=O)NCC(=O)NC(Cc1c[nH]c2ccccc12)C(=O)NC(CCC(=O)O)C(=O)O. The zero-order valence-electron chi connectivity index (χ0n) is 21.2. The highest BCUT2D eigenvalue weighted by molar-refractivity contribution is 5.93. The number of H-pyrrole nitrogens is 1. The lowest BCUT2D eigenvalue weighted by molar-refractivity contribution is -0.143. The Morgan fingerprint density at radius 3 is 2.36 bits per heavy atom. The average Bonchev–Trinajstić information content (AvgIpc) is 3.29. The van der Waals surface area contributed by atoms with E-state index < -0.39 is 60.8 Å². The van der Waals surface area contributed by atoms with Gasteiger partial charge in [0, 0.05) is 36.5 Å². The Hall–Kier alpha value is -4.66. The molecule has 2 rings (SSSR count). The van der Waals surface area contributed by atoms with E-state index in [1.54, 1.807) is 12.3 Å². The summed E-state index contributed by atoms with van der Waals surface area (Å²) < 4.78 is 0. The van der Waals surface area contributed by atoms with Gasteiger partial charge in [-0.05, 0) is 30.9 Å². The number of hydrogen-bond donors (Lipinski definition) is 9. The van der Waals surface area contributed by atoms with Crippen LogP contribution in [0.4, 0.5) is 0 Å². The van der Waals surface area contributed by atoms with E-state index in [1.807, 2.05) is 18.2 Å². The number of aliphatic imine (C=N–C) groups is 1. The van der Waals surface area contributed by atoms with Crippen molar-refractivity contribution < 1.29 is 34.2 Å². The summed E-state index contributed by atoms with van der Waals surface area (Å²) in [5.41, 5.74) is 17.8. The summed E-state index contributed by atoms with van der Waals surface area (Å²) in [5.74, 6) is -4.84. The highest BCUT2D eigenvalue weighted by atomic mass is 16.4. The van der Waals surface area contributed by atoms with Gasteiger partial charge in [-0.25, -0.2) is 4.79 Å². The molecule has 0 radical (unpaired) electrons. The Morgan fingerprint density at radius 2 is 1.69 bits per heavy atom. The second kappa shape index (κ2) is 14.9. The number of nitrogens with two attached hydrogens (primary N) is 3. The van der Waals surface area contributed by atoms with Gasteiger partial charge in [-0.1, -0.05) is 18.2 Å². The molecule has 3 amide bonds. The van der Waals surface area contributed by atoms with Gasteiger partial charge in [0.2, 0.25) is 17.7 Å². The van der Waals surface area contributed by atoms with Gasteiger partial charge in [0.15, 0.2) is 5.96 Å². The molecule has 0 aliphatic carbocycles. The van der Waals surface area contributed by atoms with Crippen LogP contribution in [0.5, 0.6) is 0 Å². The highest BCUT2D eigenvalue weighted by Gasteiger charge is 2.28. The van der Waals surface area contributed by atoms with Crippen molar-refractivity contribution in [2.75, 3.05) is 13.1 Å². The number of nitrogens with one attached hydrogen (secondary N) is 4. The predicted molar refractivity (Wildman–Crippen MR) is 141 cm³/mol. The molecule has 15 nitrogen and oxygen atoms in total. The number of carbonyl (C=O) groups is 5. The van der Waals surface area contributed by atoms with Crippen molar-refractivity contribution >= 4 is 46.5 Å². The fraction of sp³-hybridized carbons (Fsp3) is 0.417. The van der Waals surface area contributed by atoms with Gasteiger partial charge < -0.3 is 48.3 Å². The number of rotatable bonds is 16. The predicted octanol–water partition coefficient (Wildman–Crippen LogP) is -1.87. The first kappa shape index (κ1) is 30.6. The number of amides is 3. The number of carboxylic acids is 2. The summed E-state index contributed by atoms with van der Waals surface area (Å²) in [6.07, 6.45) is 1.54. The molecule has 0 aliphatic heterocycles. The molecule has 0 aliphatic rings. The van der Waals surface area contributed by atoms with Crippen molar-refractivity contribution in [3.05, 3.63) is 36.0 Å². The molecule has 39 heavy (non-hydrogen) atoms. The van der Waals surface area contributed by atoms with E-state index in [1.165, 1.54) is 0 Å². The van der Waals surface area contributed by atoms with E-state index in [2.05, 4.69) is 25.9 Å². The third kappa shape index (κ3) is 10.3. The van der Waals surface area contributed by atoms with Gasteiger partial charge >= 0.3 is 11.9 Å². The molecular formula is C24H34N8O7. The fourth-order valence-corrected chi connectivity index (χ4v) is 3.72. The number of hydrogen-bond acceptors (Lipinski definition) is 7. The quantitative estimate of drug-likeness (QED) is 0.0642. The normalized spacial score (nSPS) is 13.1. The number of nitrogens with zero attached hydrogens (tertiary/aromatic N) is 1. The molecule has 12 N–H and O–H groups in total. The molecule has 0 saturated carbocycles. The van der Waals surface area contributed by atoms with Crippen LogP contribution in [0, 0.1) is 0 Å². The number of carbonyl (C=O) groups excluding carboxylic acids is 3. The lowest BCUT2D eigenvalue weighted by Gasteiger charge is -2.21. The van der Waals surface area contributed by atoms with Crippen LogP contribution in [0.3, 0.4) is 0 Å². The number of carboxylic acid groups (broad SMARTS) is 2. The molecule has 2 aromatic rings. The number of fused-ring (bicyclic) bond motifs is 1. The maximum atomic E-state index is 13.1. The van der Waals surface area contributed by atoms with Crippen LogP contribution in [0.25, 0.3) is 10.9 Å². The van der Waals surface area contributed by atoms with E-state index in [-0.39, 0.29) is 31.8 Å². The van der Waals surface area contributed by atoms with Crippen LogP contribution in [-0.2, 0) is 30.4 Å². The lowest BCUT2D eigenvalue weighted by atomic mass is 10.0. The molecule has 0 bridgehead atoms. The molecular weight excluding hydrogens is 512 g/mol. The zero-order chi connectivity index (χ0) is 28.9. The smallest absolute Gasteiger partial charge is 0.326 e. The van der Waals surface area contributed by atoms with Gasteiger partial charge in [-0.3, -0.25) is 24.2 Å². The Bertz CT molecular complexity index is 1210. The van der Waals surface area contributed by atoms with E-state index in [4.69, 9.17) is 22.3 Å². The van der Waals surface area contributed by atoms with Crippen LogP contribution in [0.2, 0.25) is 0 Å². The molecule has 1 aromatic heterocycles. The molecule has 0 spiro atoms. The summed E-state index contributed by atoms with van der Waals surface area (Å²) in [7, 11) is 0. The lowest BCUT2D eigenvalue weighted by Crippen LogP contribution is -2.54. The zero-order valence-corrected chi connectivity index (χ0v) is 21.2. The second-order valence-electron chi connectivity index (χ2n) is 8.79. The van der Waals surface area contributed by atoms with Crippen molar-refractivity contribution in [3.63, 3.8) is 0 Å². The van der Waals surface area contributed by atoms with Crippen LogP contribution >= 0.6 is 0 Å². The molecule has 1 aromatic carbocycles. The minimum absolute atomic E-state index is 0.00882. The third-order valence-corrected chi connectivity index (χ3v) is 5.74. The number of aliphatic carboxylic acids is 2. The standard InChI is InChI=1S/C24H34N8O7/c25-15(5-3-9-28-24(26)27)21(36)30-12-19(33)31-18(10-13-11-29-16-6-2-1-4-14(13)16)22(37)32-17(23(38)39)7-8-20(34)35/h1-2,4,6,11,15,17-18,29H,3,5,7-10,12,25H2,(H,30,36)(H,31,33)(H,32,37)(H,34,35)(H,38,39)(H4,26,27,28). The second-order valence-corrected chi connectivity index (χ2v) is 8.79. The minimum Gasteiger partial charge on any atom is -0.481 e. The Balaban J connectivity index is 2.07. The average molecular weight is 547 g/mol. The first-order valence-electron chi connectivity index (χ1n) is 12.2. The van der Waals surface area contributed by atoms with Crippen molar-refractivity contribution in [2.24, 2.45) is 22.2 Å². The van der Waals surface area contributed by atoms with Crippen LogP contribution in [-0.4, -0.2) is 82.0 Å². The number of guanidine groups is 1. The van der Waals surface area contributed by atoms with Crippen molar-refractivity contribution in [3.8, 4) is 0 Å². The van der Waals surface area contributed by atoms with Crippen LogP contribution in [0.15, 0.2) is 35.5 Å². The largest absolute Gasteiger partial charge is 0.481 e. The van der Waals surface area contributed by atoms with E-state index in [0.717, 1.165) is 10.9 Å². The van der Waals surface area contributed by atoms with Gasteiger partial charge in [-0.15, -0.1) is 0 Å².